The quantitative estimate of drug-likeness (QED) is 0.495. The van der Waals surface area contributed by atoms with Crippen molar-refractivity contribution in [1.29, 1.82) is 0 Å². The average molecular weight is 315 g/mol. The molecule has 0 spiro atoms. The van der Waals surface area contributed by atoms with Crippen LogP contribution in [0.25, 0.3) is 0 Å². The number of amides is 1. The summed E-state index contributed by atoms with van der Waals surface area (Å²) in [6.45, 7) is 1.41. The highest BCUT2D eigenvalue weighted by molar-refractivity contribution is 6.33. The highest BCUT2D eigenvalue weighted by Crippen LogP contribution is 2.20. The van der Waals surface area contributed by atoms with Gasteiger partial charge in [-0.1, -0.05) is 23.7 Å². The molecular weight excluding hydrogens is 294 g/mol. The van der Waals surface area contributed by atoms with Crippen LogP contribution in [0.1, 0.15) is 6.42 Å². The molecule has 21 heavy (non-hydrogen) atoms. The second-order valence-electron chi connectivity index (χ2n) is 5.14. The Morgan fingerprint density at radius 1 is 1.38 bits per heavy atom. The van der Waals surface area contributed by atoms with Crippen LogP contribution in [0.2, 0.25) is 5.02 Å². The van der Waals surface area contributed by atoms with Crippen LogP contribution in [0.5, 0.6) is 0 Å². The Bertz CT molecular complexity index is 494. The zero-order chi connectivity index (χ0) is 15.8. The van der Waals surface area contributed by atoms with E-state index in [-0.39, 0.29) is 6.42 Å². The predicted octanol–water partition coefficient (Wildman–Crippen LogP) is -2.50. The van der Waals surface area contributed by atoms with Crippen LogP contribution < -0.4 is 20.6 Å². The molecule has 1 amide bonds. The number of para-hydroxylation sites is 1. The first-order valence-electron chi connectivity index (χ1n) is 6.77. The molecule has 0 aliphatic carbocycles. The summed E-state index contributed by atoms with van der Waals surface area (Å²) in [5.74, 6) is -1.64. The molecule has 0 fully saturated rings. The van der Waals surface area contributed by atoms with Gasteiger partial charge in [0.1, 0.15) is 19.1 Å². The number of rotatable bonds is 8. The van der Waals surface area contributed by atoms with Crippen LogP contribution in [-0.2, 0) is 9.59 Å². The van der Waals surface area contributed by atoms with Gasteiger partial charge in [0.25, 0.3) is 0 Å². The Labute approximate surface area is 129 Å². The molecule has 0 heterocycles. The summed E-state index contributed by atoms with van der Waals surface area (Å²) >= 11 is 5.93. The highest BCUT2D eigenvalue weighted by Gasteiger charge is 2.19. The highest BCUT2D eigenvalue weighted by atomic mass is 35.5. The van der Waals surface area contributed by atoms with Crippen molar-refractivity contribution in [2.75, 3.05) is 32.5 Å². The number of hydrogen-bond acceptors (Lipinski definition) is 3. The van der Waals surface area contributed by atoms with Crippen LogP contribution in [0, 0.1) is 0 Å². The molecule has 0 aliphatic heterocycles. The van der Waals surface area contributed by atoms with Crippen LogP contribution in [-0.4, -0.2) is 45.1 Å². The number of likely N-dealkylation sites (N-methyl/N-ethyl adjacent to an activating group) is 1. The molecule has 1 aromatic rings. The third-order valence-electron chi connectivity index (χ3n) is 2.95. The summed E-state index contributed by atoms with van der Waals surface area (Å²) in [7, 11) is 3.96. The molecule has 0 saturated carbocycles. The molecule has 6 nitrogen and oxygen atoms in total. The molecular formula is C14H21ClN3O3+. The van der Waals surface area contributed by atoms with E-state index in [9.17, 15) is 14.7 Å². The molecule has 1 aromatic carbocycles. The van der Waals surface area contributed by atoms with E-state index in [0.29, 0.717) is 17.3 Å². The topological polar surface area (TPSA) is 90.3 Å². The van der Waals surface area contributed by atoms with Gasteiger partial charge in [0.05, 0.1) is 37.2 Å². The number of carboxylic acid groups (broad SMARTS) is 1. The molecule has 0 unspecified atom stereocenters. The number of benzene rings is 1. The van der Waals surface area contributed by atoms with Crippen molar-refractivity contribution in [2.24, 2.45) is 0 Å². The maximum Gasteiger partial charge on any atom is 0.230 e. The third kappa shape index (κ3) is 6.57. The number of anilines is 1. The van der Waals surface area contributed by atoms with Crippen molar-refractivity contribution in [2.45, 2.75) is 12.5 Å². The van der Waals surface area contributed by atoms with Gasteiger partial charge in [-0.15, -0.1) is 0 Å². The van der Waals surface area contributed by atoms with Gasteiger partial charge in [-0.3, -0.25) is 4.79 Å². The predicted molar refractivity (Wildman–Crippen MR) is 78.0 cm³/mol. The van der Waals surface area contributed by atoms with Crippen LogP contribution in [0.4, 0.5) is 5.69 Å². The Morgan fingerprint density at radius 3 is 2.62 bits per heavy atom. The van der Waals surface area contributed by atoms with Crippen molar-refractivity contribution in [3.63, 3.8) is 0 Å². The first-order valence-corrected chi connectivity index (χ1v) is 7.15. The standard InChI is InChI=1S/C14H20ClN3O3/c1-18(2)8-7-16-12(14(20)21)9-13(19)17-11-6-4-3-5-10(11)15/h3-6,12,16H,7-9H2,1-2H3,(H,17,19)(H,20,21)/p+1/t12-/m1/s1. The maximum absolute atomic E-state index is 11.9. The zero-order valence-corrected chi connectivity index (χ0v) is 12.9. The van der Waals surface area contributed by atoms with Crippen LogP contribution in [0.3, 0.4) is 0 Å². The molecule has 0 radical (unpaired) electrons. The average Bonchev–Trinajstić information content (AvgIpc) is 2.39. The molecule has 7 heteroatoms. The Hall–Kier alpha value is -1.63. The third-order valence-corrected chi connectivity index (χ3v) is 3.28. The summed E-state index contributed by atoms with van der Waals surface area (Å²) in [6.07, 6.45) is -0.156. The Kier molecular flexibility index (Phi) is 7.14. The molecule has 1 rings (SSSR count). The maximum atomic E-state index is 11.9. The number of nitrogens with one attached hydrogen (secondary N) is 2. The molecule has 1 atom stereocenters. The number of carbonyl (C=O) groups excluding carboxylic acids is 2. The van der Waals surface area contributed by atoms with E-state index in [1.165, 1.54) is 4.90 Å². The van der Waals surface area contributed by atoms with Crippen LogP contribution >= 0.6 is 11.6 Å². The van der Waals surface area contributed by atoms with Crippen molar-refractivity contribution in [3.8, 4) is 0 Å². The van der Waals surface area contributed by atoms with Crippen LogP contribution in [0.15, 0.2) is 24.3 Å². The van der Waals surface area contributed by atoms with Crippen molar-refractivity contribution >= 4 is 29.2 Å². The minimum absolute atomic E-state index is 0.156. The number of quaternary nitrogens is 2. The lowest BCUT2D eigenvalue weighted by molar-refractivity contribution is -0.876. The molecule has 0 saturated heterocycles. The van der Waals surface area contributed by atoms with E-state index in [1.54, 1.807) is 29.6 Å². The number of halogens is 1. The number of aliphatic carboxylic acids is 1. The summed E-state index contributed by atoms with van der Waals surface area (Å²) in [5.41, 5.74) is 0.471. The Balaban J connectivity index is 2.53. The fourth-order valence-electron chi connectivity index (χ4n) is 1.80. The molecule has 116 valence electrons. The fraction of sp³-hybridized carbons (Fsp3) is 0.429. The van der Waals surface area contributed by atoms with Gasteiger partial charge in [0, 0.05) is 0 Å². The number of hydrogen-bond donors (Lipinski definition) is 3. The molecule has 0 aliphatic rings. The zero-order valence-electron chi connectivity index (χ0n) is 12.2. The van der Waals surface area contributed by atoms with E-state index in [2.05, 4.69) is 5.32 Å². The van der Waals surface area contributed by atoms with Crippen molar-refractivity contribution < 1.29 is 24.9 Å². The Morgan fingerprint density at radius 2 is 2.05 bits per heavy atom. The smallest absolute Gasteiger partial charge is 0.230 e. The van der Waals surface area contributed by atoms with Gasteiger partial charge in [-0.05, 0) is 12.1 Å². The fourth-order valence-corrected chi connectivity index (χ4v) is 1.98. The van der Waals surface area contributed by atoms with E-state index >= 15 is 0 Å². The van der Waals surface area contributed by atoms with Gasteiger partial charge >= 0.3 is 0 Å². The van der Waals surface area contributed by atoms with Gasteiger partial charge in [0.2, 0.25) is 5.91 Å². The van der Waals surface area contributed by atoms with Crippen molar-refractivity contribution in [3.05, 3.63) is 29.3 Å². The van der Waals surface area contributed by atoms with E-state index < -0.39 is 17.9 Å². The van der Waals surface area contributed by atoms with E-state index in [4.69, 9.17) is 11.6 Å². The van der Waals surface area contributed by atoms with E-state index in [0.717, 1.165) is 6.54 Å². The summed E-state index contributed by atoms with van der Waals surface area (Å²) < 4.78 is 0. The number of carboxylic acids is 1. The molecule has 0 bridgehead atoms. The van der Waals surface area contributed by atoms with Gasteiger partial charge in [-0.2, -0.15) is 0 Å². The number of carbonyl (C=O) groups is 2. The lowest BCUT2D eigenvalue weighted by Gasteiger charge is -2.17. The second kappa shape index (κ2) is 8.61. The molecule has 4 N–H and O–H groups in total. The number of nitrogens with two attached hydrogens (primary N) is 1. The summed E-state index contributed by atoms with van der Waals surface area (Å²) in [6, 6.07) is 5.90. The van der Waals surface area contributed by atoms with Crippen molar-refractivity contribution in [1.82, 2.24) is 0 Å². The first-order chi connectivity index (χ1) is 9.90. The van der Waals surface area contributed by atoms with E-state index in [1.807, 2.05) is 14.1 Å². The monoisotopic (exact) mass is 314 g/mol. The largest absolute Gasteiger partial charge is 0.544 e. The van der Waals surface area contributed by atoms with Gasteiger partial charge in [-0.25, -0.2) is 0 Å². The summed E-state index contributed by atoms with van der Waals surface area (Å²) in [5, 5.41) is 15.7. The summed E-state index contributed by atoms with van der Waals surface area (Å²) in [4.78, 5) is 24.2. The lowest BCUT2D eigenvalue weighted by atomic mass is 10.2. The van der Waals surface area contributed by atoms with Gasteiger partial charge < -0.3 is 25.4 Å². The minimum atomic E-state index is -1.24. The second-order valence-corrected chi connectivity index (χ2v) is 5.55. The molecule has 0 aromatic heterocycles. The normalized spacial score (nSPS) is 12.2. The lowest BCUT2D eigenvalue weighted by Crippen LogP contribution is -3.10. The SMILES string of the molecule is C[NH+](C)CC[NH2+][C@H](CC(=O)Nc1ccccc1Cl)C(=O)[O-]. The minimum Gasteiger partial charge on any atom is -0.544 e. The van der Waals surface area contributed by atoms with Gasteiger partial charge in [0.15, 0.2) is 0 Å². The first kappa shape index (κ1) is 17.4.